The van der Waals surface area contributed by atoms with Crippen LogP contribution in [0.5, 0.6) is 0 Å². The Labute approximate surface area is 102 Å². The molecule has 1 nitrogen and oxygen atoms in total. The number of likely N-dealkylation sites (N-methyl/N-ethyl adjacent to an activating group) is 1. The molecule has 1 N–H and O–H groups in total. The Balaban J connectivity index is 2.18. The van der Waals surface area contributed by atoms with Crippen molar-refractivity contribution in [1.29, 1.82) is 0 Å². The normalized spacial score (nSPS) is 20.4. The van der Waals surface area contributed by atoms with Crippen LogP contribution in [-0.2, 0) is 0 Å². The lowest BCUT2D eigenvalue weighted by Crippen LogP contribution is -2.34. The zero-order valence-electron chi connectivity index (χ0n) is 9.78. The molecule has 0 radical (unpaired) electrons. The number of nitrogens with one attached hydrogen (secondary N) is 1. The highest BCUT2D eigenvalue weighted by Gasteiger charge is 2.28. The highest BCUT2D eigenvalue weighted by atomic mass is 32.2. The van der Waals surface area contributed by atoms with Crippen molar-refractivity contribution in [3.8, 4) is 0 Å². The lowest BCUT2D eigenvalue weighted by atomic mass is 9.91. The van der Waals surface area contributed by atoms with E-state index in [4.69, 9.17) is 0 Å². The van der Waals surface area contributed by atoms with Gasteiger partial charge in [0.25, 0.3) is 0 Å². The minimum Gasteiger partial charge on any atom is -0.313 e. The maximum Gasteiger partial charge on any atom is 0.0178 e. The van der Waals surface area contributed by atoms with E-state index in [-0.39, 0.29) is 0 Å². The van der Waals surface area contributed by atoms with E-state index in [9.17, 15) is 0 Å². The van der Waals surface area contributed by atoms with Crippen LogP contribution in [0.2, 0.25) is 0 Å². The van der Waals surface area contributed by atoms with Crippen molar-refractivity contribution in [3.63, 3.8) is 0 Å². The van der Waals surface area contributed by atoms with Gasteiger partial charge in [-0.25, -0.2) is 0 Å². The fraction of sp³-hybridized carbons (Fsp3) is 0.429. The molecule has 0 aliphatic carbocycles. The lowest BCUT2D eigenvalue weighted by molar-refractivity contribution is 0.470. The van der Waals surface area contributed by atoms with Gasteiger partial charge in [0.1, 0.15) is 0 Å². The molecule has 2 rings (SSSR count). The minimum absolute atomic E-state index is 0.540. The Morgan fingerprint density at radius 3 is 3.12 bits per heavy atom. The van der Waals surface area contributed by atoms with Gasteiger partial charge < -0.3 is 5.32 Å². The molecule has 0 amide bonds. The average Bonchev–Trinajstić information content (AvgIpc) is 2.72. The van der Waals surface area contributed by atoms with Crippen LogP contribution in [0.25, 0.3) is 0 Å². The van der Waals surface area contributed by atoms with Crippen molar-refractivity contribution in [3.05, 3.63) is 42.5 Å². The highest BCUT2D eigenvalue weighted by molar-refractivity contribution is 7.99. The zero-order valence-corrected chi connectivity index (χ0v) is 10.6. The molecule has 2 unspecified atom stereocenters. The van der Waals surface area contributed by atoms with Crippen molar-refractivity contribution in [1.82, 2.24) is 5.32 Å². The molecule has 1 aromatic rings. The molecule has 1 aromatic carbocycles. The van der Waals surface area contributed by atoms with Crippen molar-refractivity contribution in [2.75, 3.05) is 12.3 Å². The minimum atomic E-state index is 0.540. The summed E-state index contributed by atoms with van der Waals surface area (Å²) in [6.45, 7) is 7.06. The summed E-state index contributed by atoms with van der Waals surface area (Å²) in [5.41, 5.74) is 1.51. The predicted octanol–water partition coefficient (Wildman–Crippen LogP) is 3.43. The Morgan fingerprint density at radius 1 is 1.56 bits per heavy atom. The van der Waals surface area contributed by atoms with E-state index < -0.39 is 0 Å². The van der Waals surface area contributed by atoms with Gasteiger partial charge in [0, 0.05) is 22.6 Å². The van der Waals surface area contributed by atoms with Crippen LogP contribution in [0.3, 0.4) is 0 Å². The molecular formula is C14H19NS. The number of hydrogen-bond acceptors (Lipinski definition) is 2. The van der Waals surface area contributed by atoms with Crippen LogP contribution in [0.4, 0.5) is 0 Å². The summed E-state index contributed by atoms with van der Waals surface area (Å²) in [6.07, 6.45) is 3.08. The van der Waals surface area contributed by atoms with Crippen LogP contribution in [-0.4, -0.2) is 18.3 Å². The van der Waals surface area contributed by atoms with Crippen LogP contribution in [0.15, 0.2) is 41.8 Å². The van der Waals surface area contributed by atoms with E-state index in [1.807, 2.05) is 17.8 Å². The van der Waals surface area contributed by atoms with Gasteiger partial charge in [-0.1, -0.05) is 31.2 Å². The summed E-state index contributed by atoms with van der Waals surface area (Å²) in [7, 11) is 0. The first-order valence-electron chi connectivity index (χ1n) is 5.92. The second-order valence-electron chi connectivity index (χ2n) is 4.14. The number of rotatable bonds is 5. The third-order valence-corrected chi connectivity index (χ3v) is 4.32. The molecule has 16 heavy (non-hydrogen) atoms. The van der Waals surface area contributed by atoms with E-state index in [2.05, 4.69) is 43.1 Å². The second kappa shape index (κ2) is 5.55. The third-order valence-electron chi connectivity index (χ3n) is 3.11. The molecule has 2 heteroatoms. The molecule has 0 fully saturated rings. The number of hydrogen-bond donors (Lipinski definition) is 1. The zero-order chi connectivity index (χ0) is 11.4. The van der Waals surface area contributed by atoms with Crippen LogP contribution in [0, 0.1) is 0 Å². The Morgan fingerprint density at radius 2 is 2.38 bits per heavy atom. The maximum absolute atomic E-state index is 3.86. The van der Waals surface area contributed by atoms with Gasteiger partial charge in [-0.15, -0.1) is 18.3 Å². The summed E-state index contributed by atoms with van der Waals surface area (Å²) >= 11 is 1.98. The molecule has 0 aromatic heterocycles. The average molecular weight is 233 g/mol. The lowest BCUT2D eigenvalue weighted by Gasteiger charge is -2.23. The van der Waals surface area contributed by atoms with Gasteiger partial charge in [0.2, 0.25) is 0 Å². The van der Waals surface area contributed by atoms with Crippen molar-refractivity contribution in [2.24, 2.45) is 0 Å². The van der Waals surface area contributed by atoms with Gasteiger partial charge in [0.15, 0.2) is 0 Å². The summed E-state index contributed by atoms with van der Waals surface area (Å²) in [6, 6.07) is 9.32. The van der Waals surface area contributed by atoms with E-state index in [0.29, 0.717) is 12.0 Å². The predicted molar refractivity (Wildman–Crippen MR) is 72.2 cm³/mol. The number of fused-ring (bicyclic) bond motifs is 1. The Hall–Kier alpha value is -0.730. The van der Waals surface area contributed by atoms with Crippen molar-refractivity contribution in [2.45, 2.75) is 30.2 Å². The third kappa shape index (κ3) is 2.33. The Kier molecular flexibility index (Phi) is 4.08. The molecular weight excluding hydrogens is 214 g/mol. The molecule has 0 bridgehead atoms. The maximum atomic E-state index is 3.86. The largest absolute Gasteiger partial charge is 0.313 e. The highest BCUT2D eigenvalue weighted by Crippen LogP contribution is 2.41. The fourth-order valence-corrected chi connectivity index (χ4v) is 3.68. The van der Waals surface area contributed by atoms with Crippen LogP contribution in [0.1, 0.15) is 24.8 Å². The first kappa shape index (κ1) is 11.7. The van der Waals surface area contributed by atoms with Crippen molar-refractivity contribution >= 4 is 11.8 Å². The van der Waals surface area contributed by atoms with Gasteiger partial charge in [-0.3, -0.25) is 0 Å². The molecule has 86 valence electrons. The second-order valence-corrected chi connectivity index (χ2v) is 5.21. The quantitative estimate of drug-likeness (QED) is 0.782. The number of thioether (sulfide) groups is 1. The molecule has 0 spiro atoms. The first-order chi connectivity index (χ1) is 7.86. The molecule has 1 aliphatic heterocycles. The monoisotopic (exact) mass is 233 g/mol. The summed E-state index contributed by atoms with van der Waals surface area (Å²) in [5, 5.41) is 3.58. The van der Waals surface area contributed by atoms with Gasteiger partial charge >= 0.3 is 0 Å². The van der Waals surface area contributed by atoms with Crippen molar-refractivity contribution < 1.29 is 0 Å². The van der Waals surface area contributed by atoms with Gasteiger partial charge in [-0.2, -0.15) is 0 Å². The summed E-state index contributed by atoms with van der Waals surface area (Å²) < 4.78 is 0. The first-order valence-corrected chi connectivity index (χ1v) is 6.91. The van der Waals surface area contributed by atoms with Gasteiger partial charge in [-0.05, 0) is 24.6 Å². The van der Waals surface area contributed by atoms with E-state index >= 15 is 0 Å². The van der Waals surface area contributed by atoms with E-state index in [1.165, 1.54) is 16.2 Å². The molecule has 2 atom stereocenters. The molecule has 1 heterocycles. The molecule has 0 saturated carbocycles. The van der Waals surface area contributed by atoms with Crippen LogP contribution >= 0.6 is 11.8 Å². The van der Waals surface area contributed by atoms with Crippen LogP contribution < -0.4 is 5.32 Å². The smallest absolute Gasteiger partial charge is 0.0178 e. The SMILES string of the molecule is C=CCC(NCC)C1CSc2ccccc21. The standard InChI is InChI=1S/C14H19NS/c1-3-7-13(15-4-2)12-10-16-14-9-6-5-8-11(12)14/h3,5-6,8-9,12-13,15H,1,4,7,10H2,2H3. The van der Waals surface area contributed by atoms with Gasteiger partial charge in [0.05, 0.1) is 0 Å². The summed E-state index contributed by atoms with van der Waals surface area (Å²) in [5.74, 6) is 1.84. The topological polar surface area (TPSA) is 12.0 Å². The van der Waals surface area contributed by atoms with E-state index in [1.54, 1.807) is 0 Å². The Bertz CT molecular complexity index is 362. The van der Waals surface area contributed by atoms with E-state index in [0.717, 1.165) is 13.0 Å². The fourth-order valence-electron chi connectivity index (χ4n) is 2.35. The molecule has 1 aliphatic rings. The summed E-state index contributed by atoms with van der Waals surface area (Å²) in [4.78, 5) is 1.46. The number of benzene rings is 1. The molecule has 0 saturated heterocycles.